The van der Waals surface area contributed by atoms with E-state index in [1.807, 2.05) is 12.1 Å². The molecule has 2 heterocycles. The van der Waals surface area contributed by atoms with E-state index in [1.54, 1.807) is 0 Å². The Hall–Kier alpha value is -7.17. The Morgan fingerprint density at radius 3 is 1.75 bits per heavy atom. The second-order valence-corrected chi connectivity index (χ2v) is 13.6. The smallest absolute Gasteiger partial charge is 0.164 e. The van der Waals surface area contributed by atoms with E-state index >= 15 is 0 Å². The molecule has 9 aromatic carbocycles. The van der Waals surface area contributed by atoms with E-state index in [0.717, 1.165) is 70.9 Å². The van der Waals surface area contributed by atoms with E-state index in [9.17, 15) is 0 Å². The first-order valence-electron chi connectivity index (χ1n) is 17.9. The Balaban J connectivity index is 1.17. The van der Waals surface area contributed by atoms with Crippen LogP contribution in [0.2, 0.25) is 0 Å². The summed E-state index contributed by atoms with van der Waals surface area (Å²) in [5.74, 6) is 1.89. The van der Waals surface area contributed by atoms with Gasteiger partial charge in [0.1, 0.15) is 11.2 Å². The Morgan fingerprint density at radius 1 is 0.283 bits per heavy atom. The first kappa shape index (κ1) is 29.5. The van der Waals surface area contributed by atoms with Gasteiger partial charge < -0.3 is 4.42 Å². The average Bonchev–Trinajstić information content (AvgIpc) is 3.59. The van der Waals surface area contributed by atoms with Gasteiger partial charge in [-0.3, -0.25) is 0 Å². The highest BCUT2D eigenvalue weighted by Gasteiger charge is 2.18. The van der Waals surface area contributed by atoms with Crippen LogP contribution in [0.5, 0.6) is 0 Å². The number of hydrogen-bond acceptors (Lipinski definition) is 4. The van der Waals surface area contributed by atoms with Crippen LogP contribution in [0.1, 0.15) is 0 Å². The molecular weight excluding hydrogens is 647 g/mol. The van der Waals surface area contributed by atoms with Gasteiger partial charge in [0.2, 0.25) is 0 Å². The Morgan fingerprint density at radius 2 is 0.906 bits per heavy atom. The highest BCUT2D eigenvalue weighted by atomic mass is 16.3. The average molecular weight is 676 g/mol. The third kappa shape index (κ3) is 4.80. The van der Waals surface area contributed by atoms with Gasteiger partial charge in [0.05, 0.1) is 0 Å². The molecule has 0 saturated carbocycles. The number of aromatic nitrogens is 3. The molecule has 0 spiro atoms. The molecule has 0 aliphatic heterocycles. The van der Waals surface area contributed by atoms with Gasteiger partial charge >= 0.3 is 0 Å². The summed E-state index contributed by atoms with van der Waals surface area (Å²) in [4.78, 5) is 15.8. The topological polar surface area (TPSA) is 51.8 Å². The summed E-state index contributed by atoms with van der Waals surface area (Å²) >= 11 is 0. The van der Waals surface area contributed by atoms with Gasteiger partial charge in [-0.05, 0) is 84.5 Å². The fourth-order valence-corrected chi connectivity index (χ4v) is 7.97. The maximum absolute atomic E-state index is 6.21. The molecule has 4 nitrogen and oxygen atoms in total. The maximum atomic E-state index is 6.21. The largest absolute Gasteiger partial charge is 0.456 e. The van der Waals surface area contributed by atoms with Crippen LogP contribution in [-0.2, 0) is 0 Å². The zero-order chi connectivity index (χ0) is 34.9. The zero-order valence-corrected chi connectivity index (χ0v) is 28.5. The lowest BCUT2D eigenvalue weighted by atomic mass is 9.95. The molecule has 0 radical (unpaired) electrons. The van der Waals surface area contributed by atoms with Crippen LogP contribution in [0.4, 0.5) is 0 Å². The predicted octanol–water partition coefficient (Wildman–Crippen LogP) is 13.1. The molecule has 2 aromatic heterocycles. The van der Waals surface area contributed by atoms with E-state index in [4.69, 9.17) is 19.4 Å². The second kappa shape index (κ2) is 11.7. The molecule has 4 heteroatoms. The van der Waals surface area contributed by atoms with Crippen molar-refractivity contribution in [3.8, 4) is 45.3 Å². The second-order valence-electron chi connectivity index (χ2n) is 13.6. The molecule has 0 bridgehead atoms. The van der Waals surface area contributed by atoms with E-state index in [0.29, 0.717) is 17.5 Å². The summed E-state index contributed by atoms with van der Waals surface area (Å²) in [6.07, 6.45) is 0. The van der Waals surface area contributed by atoms with Gasteiger partial charge in [-0.15, -0.1) is 0 Å². The Bertz CT molecular complexity index is 3240. The standard InChI is InChI=1S/C49H29N3O/c1-2-12-30(13-3-1)35-19-10-21-39-38(35)20-11-22-42(39)48-50-47(33-25-24-31-29-46-43(28-34(31)26-33)41-18-8-9-23-45(41)53-46)51-49(52-48)44-27-32-14-4-5-15-36(32)37-16-6-7-17-40(37)44/h1-29H. The van der Waals surface area contributed by atoms with Crippen molar-refractivity contribution < 1.29 is 4.42 Å². The van der Waals surface area contributed by atoms with Gasteiger partial charge in [0, 0.05) is 27.5 Å². The van der Waals surface area contributed by atoms with Crippen LogP contribution in [0.3, 0.4) is 0 Å². The minimum absolute atomic E-state index is 0.623. The quantitative estimate of drug-likeness (QED) is 0.174. The van der Waals surface area contributed by atoms with Crippen LogP contribution in [0.15, 0.2) is 180 Å². The lowest BCUT2D eigenvalue weighted by Gasteiger charge is -2.14. The van der Waals surface area contributed by atoms with Gasteiger partial charge in [-0.2, -0.15) is 0 Å². The normalized spacial score (nSPS) is 11.8. The van der Waals surface area contributed by atoms with Gasteiger partial charge in [-0.25, -0.2) is 15.0 Å². The lowest BCUT2D eigenvalue weighted by molar-refractivity contribution is 0.669. The number of hydrogen-bond donors (Lipinski definition) is 0. The van der Waals surface area contributed by atoms with Crippen LogP contribution in [0.25, 0.3) is 110 Å². The highest BCUT2D eigenvalue weighted by Crippen LogP contribution is 2.39. The molecule has 0 aliphatic rings. The minimum atomic E-state index is 0.623. The first-order chi connectivity index (χ1) is 26.2. The number of rotatable bonds is 4. The van der Waals surface area contributed by atoms with E-state index in [-0.39, 0.29) is 0 Å². The van der Waals surface area contributed by atoms with Crippen LogP contribution >= 0.6 is 0 Å². The molecule has 0 amide bonds. The fraction of sp³-hybridized carbons (Fsp3) is 0. The lowest BCUT2D eigenvalue weighted by Crippen LogP contribution is -2.01. The van der Waals surface area contributed by atoms with Crippen molar-refractivity contribution in [1.82, 2.24) is 15.0 Å². The molecular formula is C49H29N3O. The minimum Gasteiger partial charge on any atom is -0.456 e. The molecule has 53 heavy (non-hydrogen) atoms. The van der Waals surface area contributed by atoms with Crippen molar-refractivity contribution in [2.75, 3.05) is 0 Å². The number of benzene rings is 9. The van der Waals surface area contributed by atoms with Gasteiger partial charge in [0.15, 0.2) is 17.5 Å². The summed E-state index contributed by atoms with van der Waals surface area (Å²) in [5.41, 5.74) is 6.97. The predicted molar refractivity (Wildman–Crippen MR) is 219 cm³/mol. The van der Waals surface area contributed by atoms with Crippen molar-refractivity contribution in [2.24, 2.45) is 0 Å². The summed E-state index contributed by atoms with van der Waals surface area (Å²) in [6, 6.07) is 61.7. The Kier molecular flexibility index (Phi) is 6.52. The van der Waals surface area contributed by atoms with Crippen molar-refractivity contribution >= 4 is 65.0 Å². The number of fused-ring (bicyclic) bond motifs is 8. The summed E-state index contributed by atoms with van der Waals surface area (Å²) in [5, 5.41) is 11.3. The Labute approximate surface area is 304 Å². The third-order valence-corrected chi connectivity index (χ3v) is 10.5. The molecule has 0 N–H and O–H groups in total. The SMILES string of the molecule is c1ccc(-c2cccc3c(-c4nc(-c5ccc6cc7oc8ccccc8c7cc6c5)nc(-c5cc6ccccc6c6ccccc56)n4)cccc23)cc1. The number of para-hydroxylation sites is 1. The summed E-state index contributed by atoms with van der Waals surface area (Å²) in [7, 11) is 0. The van der Waals surface area contributed by atoms with Crippen molar-refractivity contribution in [2.45, 2.75) is 0 Å². The summed E-state index contributed by atoms with van der Waals surface area (Å²) < 4.78 is 6.21. The number of nitrogens with zero attached hydrogens (tertiary/aromatic N) is 3. The first-order valence-corrected chi connectivity index (χ1v) is 17.9. The molecule has 0 saturated heterocycles. The number of furan rings is 1. The molecule has 0 aliphatic carbocycles. The molecule has 0 unspecified atom stereocenters. The highest BCUT2D eigenvalue weighted by molar-refractivity contribution is 6.14. The van der Waals surface area contributed by atoms with E-state index in [2.05, 4.69) is 164 Å². The molecule has 11 rings (SSSR count). The monoisotopic (exact) mass is 675 g/mol. The third-order valence-electron chi connectivity index (χ3n) is 10.5. The molecule has 0 atom stereocenters. The van der Waals surface area contributed by atoms with Crippen LogP contribution < -0.4 is 0 Å². The molecule has 11 aromatic rings. The zero-order valence-electron chi connectivity index (χ0n) is 28.5. The van der Waals surface area contributed by atoms with E-state index < -0.39 is 0 Å². The van der Waals surface area contributed by atoms with Crippen molar-refractivity contribution in [1.29, 1.82) is 0 Å². The van der Waals surface area contributed by atoms with E-state index in [1.165, 1.54) is 21.9 Å². The molecule has 0 fully saturated rings. The molecule has 246 valence electrons. The van der Waals surface area contributed by atoms with Gasteiger partial charge in [-0.1, -0.05) is 146 Å². The van der Waals surface area contributed by atoms with Crippen molar-refractivity contribution in [3.05, 3.63) is 176 Å². The fourth-order valence-electron chi connectivity index (χ4n) is 7.97. The van der Waals surface area contributed by atoms with Crippen LogP contribution in [0, 0.1) is 0 Å². The van der Waals surface area contributed by atoms with Crippen molar-refractivity contribution in [3.63, 3.8) is 0 Å². The maximum Gasteiger partial charge on any atom is 0.164 e. The van der Waals surface area contributed by atoms with Crippen LogP contribution in [-0.4, -0.2) is 15.0 Å². The van der Waals surface area contributed by atoms with Gasteiger partial charge in [0.25, 0.3) is 0 Å². The summed E-state index contributed by atoms with van der Waals surface area (Å²) in [6.45, 7) is 0.